The van der Waals surface area contributed by atoms with Gasteiger partial charge in [0.25, 0.3) is 5.91 Å². The van der Waals surface area contributed by atoms with Crippen molar-refractivity contribution in [1.82, 2.24) is 9.80 Å². The number of nitrogens with zero attached hydrogens (tertiary/aromatic N) is 2. The summed E-state index contributed by atoms with van der Waals surface area (Å²) < 4.78 is 31.9. The molecular formula is C18H24F2N2O2. The zero-order valence-electron chi connectivity index (χ0n) is 13.8. The molecule has 2 heterocycles. The van der Waals surface area contributed by atoms with E-state index in [2.05, 4.69) is 4.90 Å². The summed E-state index contributed by atoms with van der Waals surface area (Å²) in [5.41, 5.74) is 0.229. The number of benzene rings is 1. The molecule has 2 aliphatic rings. The molecule has 3 rings (SSSR count). The first-order chi connectivity index (χ1) is 11.6. The fourth-order valence-corrected chi connectivity index (χ4v) is 3.52. The lowest BCUT2D eigenvalue weighted by atomic mass is 9.97. The van der Waals surface area contributed by atoms with Crippen LogP contribution in [-0.4, -0.2) is 61.1 Å². The predicted octanol–water partition coefficient (Wildman–Crippen LogP) is 2.68. The summed E-state index contributed by atoms with van der Waals surface area (Å²) in [7, 11) is 0. The molecule has 0 aromatic heterocycles. The van der Waals surface area contributed by atoms with Gasteiger partial charge in [-0.25, -0.2) is 8.78 Å². The van der Waals surface area contributed by atoms with Crippen molar-refractivity contribution >= 4 is 5.91 Å². The van der Waals surface area contributed by atoms with Gasteiger partial charge in [-0.2, -0.15) is 0 Å². The van der Waals surface area contributed by atoms with Crippen molar-refractivity contribution in [3.8, 4) is 0 Å². The highest BCUT2D eigenvalue weighted by Crippen LogP contribution is 2.23. The van der Waals surface area contributed by atoms with Crippen LogP contribution in [-0.2, 0) is 4.74 Å². The molecule has 1 amide bonds. The molecule has 2 aliphatic heterocycles. The van der Waals surface area contributed by atoms with Gasteiger partial charge in [0.15, 0.2) is 11.6 Å². The number of halogens is 2. The first kappa shape index (κ1) is 17.3. The summed E-state index contributed by atoms with van der Waals surface area (Å²) in [4.78, 5) is 16.9. The van der Waals surface area contributed by atoms with Crippen molar-refractivity contribution in [3.05, 3.63) is 35.4 Å². The minimum Gasteiger partial charge on any atom is -0.379 e. The molecule has 0 saturated carbocycles. The van der Waals surface area contributed by atoms with Crippen molar-refractivity contribution in [2.75, 3.05) is 39.4 Å². The lowest BCUT2D eigenvalue weighted by Crippen LogP contribution is -2.46. The number of amides is 1. The second kappa shape index (κ2) is 8.03. The summed E-state index contributed by atoms with van der Waals surface area (Å²) in [5, 5.41) is 0. The number of rotatable bonds is 4. The summed E-state index contributed by atoms with van der Waals surface area (Å²) in [6, 6.07) is 3.57. The molecule has 2 saturated heterocycles. The van der Waals surface area contributed by atoms with Crippen LogP contribution in [0.25, 0.3) is 0 Å². The van der Waals surface area contributed by atoms with Crippen LogP contribution in [0.4, 0.5) is 8.78 Å². The number of morpholine rings is 1. The molecule has 6 heteroatoms. The maximum absolute atomic E-state index is 13.4. The zero-order valence-corrected chi connectivity index (χ0v) is 13.8. The molecule has 0 aliphatic carbocycles. The maximum atomic E-state index is 13.4. The third-order valence-corrected chi connectivity index (χ3v) is 4.94. The van der Waals surface area contributed by atoms with Gasteiger partial charge < -0.3 is 9.64 Å². The number of hydrogen-bond donors (Lipinski definition) is 0. The van der Waals surface area contributed by atoms with E-state index in [1.54, 1.807) is 0 Å². The van der Waals surface area contributed by atoms with Crippen molar-refractivity contribution < 1.29 is 18.3 Å². The maximum Gasteiger partial charge on any atom is 0.254 e. The van der Waals surface area contributed by atoms with Crippen LogP contribution in [0.1, 0.15) is 36.0 Å². The third-order valence-electron chi connectivity index (χ3n) is 4.94. The van der Waals surface area contributed by atoms with E-state index in [0.717, 1.165) is 70.7 Å². The molecule has 0 bridgehead atoms. The van der Waals surface area contributed by atoms with E-state index in [4.69, 9.17) is 4.74 Å². The van der Waals surface area contributed by atoms with Gasteiger partial charge in [-0.15, -0.1) is 0 Å². The Bertz CT molecular complexity index is 576. The summed E-state index contributed by atoms with van der Waals surface area (Å²) in [5.74, 6) is -2.09. The number of hydrogen-bond acceptors (Lipinski definition) is 3. The van der Waals surface area contributed by atoms with E-state index in [-0.39, 0.29) is 17.5 Å². The summed E-state index contributed by atoms with van der Waals surface area (Å²) in [6.45, 7) is 5.03. The smallest absolute Gasteiger partial charge is 0.254 e. The quantitative estimate of drug-likeness (QED) is 0.846. The second-order valence-corrected chi connectivity index (χ2v) is 6.52. The van der Waals surface area contributed by atoms with Gasteiger partial charge in [-0.05, 0) is 43.9 Å². The molecule has 0 N–H and O–H groups in total. The van der Waals surface area contributed by atoms with E-state index >= 15 is 0 Å². The van der Waals surface area contributed by atoms with E-state index in [0.29, 0.717) is 6.54 Å². The molecule has 2 fully saturated rings. The second-order valence-electron chi connectivity index (χ2n) is 6.52. The molecule has 1 atom stereocenters. The predicted molar refractivity (Wildman–Crippen MR) is 86.9 cm³/mol. The van der Waals surface area contributed by atoms with Crippen LogP contribution < -0.4 is 0 Å². The molecule has 24 heavy (non-hydrogen) atoms. The molecule has 0 spiro atoms. The number of carbonyl (C=O) groups is 1. The Hall–Kier alpha value is -1.53. The van der Waals surface area contributed by atoms with Gasteiger partial charge in [0.2, 0.25) is 0 Å². The lowest BCUT2D eigenvalue weighted by molar-refractivity contribution is 0.0295. The Labute approximate surface area is 141 Å². The molecule has 1 unspecified atom stereocenters. The monoisotopic (exact) mass is 338 g/mol. The average molecular weight is 338 g/mol. The highest BCUT2D eigenvalue weighted by Gasteiger charge is 2.28. The van der Waals surface area contributed by atoms with Crippen LogP contribution in [0, 0.1) is 11.6 Å². The highest BCUT2D eigenvalue weighted by atomic mass is 19.2. The van der Waals surface area contributed by atoms with Crippen LogP contribution in [0.5, 0.6) is 0 Å². The van der Waals surface area contributed by atoms with Gasteiger partial charge in [-0.3, -0.25) is 9.69 Å². The molecule has 4 nitrogen and oxygen atoms in total. The van der Waals surface area contributed by atoms with E-state index < -0.39 is 11.6 Å². The minimum absolute atomic E-state index is 0.169. The first-order valence-corrected chi connectivity index (χ1v) is 8.71. The Kier molecular flexibility index (Phi) is 5.79. The fraction of sp³-hybridized carbons (Fsp3) is 0.611. The SMILES string of the molecule is O=C(c1ccc(F)c(F)c1)N1CCCCC1CCN1CCOCC1. The fourth-order valence-electron chi connectivity index (χ4n) is 3.52. The Balaban J connectivity index is 1.64. The van der Waals surface area contributed by atoms with Gasteiger partial charge in [-0.1, -0.05) is 0 Å². The van der Waals surface area contributed by atoms with Gasteiger partial charge >= 0.3 is 0 Å². The van der Waals surface area contributed by atoms with Crippen LogP contribution >= 0.6 is 0 Å². The van der Waals surface area contributed by atoms with Crippen molar-refractivity contribution in [3.63, 3.8) is 0 Å². The topological polar surface area (TPSA) is 32.8 Å². The summed E-state index contributed by atoms with van der Waals surface area (Å²) >= 11 is 0. The van der Waals surface area contributed by atoms with Crippen LogP contribution in [0.3, 0.4) is 0 Å². The minimum atomic E-state index is -0.970. The number of carbonyl (C=O) groups excluding carboxylic acids is 1. The molecule has 132 valence electrons. The average Bonchev–Trinajstić information content (AvgIpc) is 2.63. The largest absolute Gasteiger partial charge is 0.379 e. The van der Waals surface area contributed by atoms with Gasteiger partial charge in [0.05, 0.1) is 13.2 Å². The van der Waals surface area contributed by atoms with E-state index in [1.807, 2.05) is 4.90 Å². The molecule has 1 aromatic carbocycles. The van der Waals surface area contributed by atoms with Crippen LogP contribution in [0.15, 0.2) is 18.2 Å². The van der Waals surface area contributed by atoms with Gasteiger partial charge in [0.1, 0.15) is 0 Å². The van der Waals surface area contributed by atoms with Crippen molar-refractivity contribution in [1.29, 1.82) is 0 Å². The third kappa shape index (κ3) is 4.11. The Morgan fingerprint density at radius 2 is 1.92 bits per heavy atom. The number of ether oxygens (including phenoxy) is 1. The zero-order chi connectivity index (χ0) is 16.9. The Morgan fingerprint density at radius 1 is 1.12 bits per heavy atom. The Morgan fingerprint density at radius 3 is 2.67 bits per heavy atom. The van der Waals surface area contributed by atoms with E-state index in [9.17, 15) is 13.6 Å². The standard InChI is InChI=1S/C18H24F2N2O2/c19-16-5-4-14(13-17(16)20)18(23)22-7-2-1-3-15(22)6-8-21-9-11-24-12-10-21/h4-5,13,15H,1-3,6-12H2. The van der Waals surface area contributed by atoms with Crippen LogP contribution in [0.2, 0.25) is 0 Å². The van der Waals surface area contributed by atoms with Gasteiger partial charge in [0, 0.05) is 37.8 Å². The lowest BCUT2D eigenvalue weighted by Gasteiger charge is -2.37. The van der Waals surface area contributed by atoms with Crippen molar-refractivity contribution in [2.45, 2.75) is 31.7 Å². The number of piperidine rings is 1. The first-order valence-electron chi connectivity index (χ1n) is 8.71. The molecular weight excluding hydrogens is 314 g/mol. The van der Waals surface area contributed by atoms with Crippen molar-refractivity contribution in [2.24, 2.45) is 0 Å². The molecule has 1 aromatic rings. The summed E-state index contributed by atoms with van der Waals surface area (Å²) in [6.07, 6.45) is 3.95. The molecule has 0 radical (unpaired) electrons. The normalized spacial score (nSPS) is 22.6. The van der Waals surface area contributed by atoms with E-state index in [1.165, 1.54) is 6.07 Å². The number of likely N-dealkylation sites (tertiary alicyclic amines) is 1. The highest BCUT2D eigenvalue weighted by molar-refractivity contribution is 5.94.